The maximum Gasteiger partial charge on any atom is 0.303 e. The summed E-state index contributed by atoms with van der Waals surface area (Å²) in [6.07, 6.45) is 3.30. The number of aryl methyl sites for hydroxylation is 2. The van der Waals surface area contributed by atoms with Crippen LogP contribution in [0.2, 0.25) is 0 Å². The second kappa shape index (κ2) is 7.77. The minimum absolute atomic E-state index is 0.0237. The maximum atomic E-state index is 12.5. The fraction of sp³-hybridized carbons (Fsp3) is 0.263. The van der Waals surface area contributed by atoms with E-state index in [0.29, 0.717) is 12.1 Å². The van der Waals surface area contributed by atoms with Gasteiger partial charge in [-0.3, -0.25) is 9.59 Å². The molecular formula is C19H19N3O4. The number of benzene rings is 1. The molecule has 1 aromatic carbocycles. The van der Waals surface area contributed by atoms with Gasteiger partial charge in [-0.15, -0.1) is 0 Å². The van der Waals surface area contributed by atoms with Crippen molar-refractivity contribution in [3.8, 4) is 0 Å². The van der Waals surface area contributed by atoms with Crippen LogP contribution in [-0.2, 0) is 17.6 Å². The number of hydrogen-bond donors (Lipinski definition) is 2. The van der Waals surface area contributed by atoms with Crippen LogP contribution in [0, 0.1) is 0 Å². The number of aromatic nitrogens is 3. The van der Waals surface area contributed by atoms with Crippen LogP contribution in [-0.4, -0.2) is 30.8 Å². The van der Waals surface area contributed by atoms with Crippen molar-refractivity contribution < 1.29 is 15.0 Å². The van der Waals surface area contributed by atoms with Crippen molar-refractivity contribution in [3.05, 3.63) is 69.4 Å². The van der Waals surface area contributed by atoms with Gasteiger partial charge in [-0.25, -0.2) is 9.50 Å². The van der Waals surface area contributed by atoms with Crippen LogP contribution in [0.25, 0.3) is 11.4 Å². The summed E-state index contributed by atoms with van der Waals surface area (Å²) in [7, 11) is 0. The fourth-order valence-corrected chi connectivity index (χ4v) is 2.93. The minimum atomic E-state index is -1.04. The number of carboxylic acids is 1. The lowest BCUT2D eigenvalue weighted by Gasteiger charge is -2.06. The molecule has 0 bridgehead atoms. The highest BCUT2D eigenvalue weighted by molar-refractivity contribution is 5.68. The number of nitrogens with zero attached hydrogens (tertiary/aromatic N) is 3. The first-order chi connectivity index (χ1) is 12.6. The maximum absolute atomic E-state index is 12.5. The van der Waals surface area contributed by atoms with E-state index in [-0.39, 0.29) is 34.9 Å². The number of fused-ring (bicyclic) bond motifs is 1. The summed E-state index contributed by atoms with van der Waals surface area (Å²) >= 11 is 0. The molecule has 0 aliphatic carbocycles. The molecular weight excluding hydrogens is 334 g/mol. The first kappa shape index (κ1) is 17.6. The molecule has 0 radical (unpaired) electrons. The highest BCUT2D eigenvalue weighted by Crippen LogP contribution is 2.08. The number of rotatable bonds is 7. The number of carboxylic acid groups (broad SMARTS) is 1. The fourth-order valence-electron chi connectivity index (χ4n) is 2.93. The first-order valence-electron chi connectivity index (χ1n) is 8.39. The monoisotopic (exact) mass is 353 g/mol. The van der Waals surface area contributed by atoms with Crippen LogP contribution >= 0.6 is 0 Å². The Morgan fingerprint density at radius 2 is 1.85 bits per heavy atom. The highest BCUT2D eigenvalue weighted by atomic mass is 16.4. The highest BCUT2D eigenvalue weighted by Gasteiger charge is 2.12. The van der Waals surface area contributed by atoms with Crippen molar-refractivity contribution in [3.63, 3.8) is 0 Å². The van der Waals surface area contributed by atoms with Crippen molar-refractivity contribution >= 4 is 17.4 Å². The second-order valence-electron chi connectivity index (χ2n) is 6.05. The Balaban J connectivity index is 1.88. The van der Waals surface area contributed by atoms with Gasteiger partial charge in [0.1, 0.15) is 17.3 Å². The van der Waals surface area contributed by atoms with Crippen LogP contribution in [0.1, 0.15) is 30.5 Å². The molecule has 2 heterocycles. The Morgan fingerprint density at radius 1 is 1.08 bits per heavy atom. The van der Waals surface area contributed by atoms with E-state index in [9.17, 15) is 14.7 Å². The summed E-state index contributed by atoms with van der Waals surface area (Å²) in [5.74, 6) is -1.31. The zero-order valence-electron chi connectivity index (χ0n) is 14.1. The molecule has 2 aromatic heterocycles. The summed E-state index contributed by atoms with van der Waals surface area (Å²) in [6, 6.07) is 11.5. The molecule has 0 unspecified atom stereocenters. The van der Waals surface area contributed by atoms with Gasteiger partial charge in [-0.2, -0.15) is 5.10 Å². The van der Waals surface area contributed by atoms with Crippen molar-refractivity contribution in [1.82, 2.24) is 14.6 Å². The topological polar surface area (TPSA) is 105 Å². The van der Waals surface area contributed by atoms with Crippen LogP contribution in [0.5, 0.6) is 0 Å². The van der Waals surface area contributed by atoms with E-state index >= 15 is 0 Å². The molecule has 3 rings (SSSR count). The van der Waals surface area contributed by atoms with E-state index in [4.69, 9.17) is 5.11 Å². The number of aliphatic carboxylic acids is 1. The van der Waals surface area contributed by atoms with E-state index in [1.54, 1.807) is 4.52 Å². The third-order valence-electron chi connectivity index (χ3n) is 4.19. The molecule has 0 saturated heterocycles. The summed E-state index contributed by atoms with van der Waals surface area (Å²) in [4.78, 5) is 27.2. The van der Waals surface area contributed by atoms with Gasteiger partial charge in [0.2, 0.25) is 0 Å². The predicted molar refractivity (Wildman–Crippen MR) is 95.8 cm³/mol. The molecule has 134 valence electrons. The van der Waals surface area contributed by atoms with Crippen molar-refractivity contribution in [1.29, 1.82) is 0 Å². The average Bonchev–Trinajstić information content (AvgIpc) is 3.10. The third-order valence-corrected chi connectivity index (χ3v) is 4.19. The van der Waals surface area contributed by atoms with Gasteiger partial charge in [0, 0.05) is 18.2 Å². The molecule has 0 saturated carbocycles. The number of carbonyl (C=O) groups is 1. The largest absolute Gasteiger partial charge is 0.511 e. The number of pyridine rings is 1. The van der Waals surface area contributed by atoms with Gasteiger partial charge in [0.05, 0.1) is 6.42 Å². The lowest BCUT2D eigenvalue weighted by molar-refractivity contribution is -0.136. The Morgan fingerprint density at radius 3 is 2.58 bits per heavy atom. The van der Waals surface area contributed by atoms with E-state index < -0.39 is 5.97 Å². The molecule has 0 atom stereocenters. The van der Waals surface area contributed by atoms with E-state index in [0.717, 1.165) is 12.8 Å². The van der Waals surface area contributed by atoms with Crippen LogP contribution in [0.4, 0.5) is 0 Å². The van der Waals surface area contributed by atoms with Gasteiger partial charge in [0.25, 0.3) is 0 Å². The summed E-state index contributed by atoms with van der Waals surface area (Å²) < 4.78 is 1.54. The van der Waals surface area contributed by atoms with Gasteiger partial charge in [0.15, 0.2) is 11.1 Å². The van der Waals surface area contributed by atoms with Crippen LogP contribution < -0.4 is 10.6 Å². The van der Waals surface area contributed by atoms with Crippen molar-refractivity contribution in [2.45, 2.75) is 32.1 Å². The molecule has 0 fully saturated rings. The van der Waals surface area contributed by atoms with Crippen molar-refractivity contribution in [2.24, 2.45) is 0 Å². The smallest absolute Gasteiger partial charge is 0.303 e. The van der Waals surface area contributed by atoms with E-state index in [1.165, 1.54) is 18.0 Å². The Hall–Kier alpha value is -3.22. The summed E-state index contributed by atoms with van der Waals surface area (Å²) in [6.45, 7) is 0. The Kier molecular flexibility index (Phi) is 5.26. The first-order valence-corrected chi connectivity index (χ1v) is 8.39. The molecule has 0 aliphatic rings. The van der Waals surface area contributed by atoms with E-state index in [2.05, 4.69) is 22.2 Å². The Labute approximate surface area is 149 Å². The zero-order chi connectivity index (χ0) is 18.5. The van der Waals surface area contributed by atoms with Crippen LogP contribution in [0.15, 0.2) is 47.5 Å². The van der Waals surface area contributed by atoms with Gasteiger partial charge >= 0.3 is 5.97 Å². The molecule has 0 amide bonds. The lowest BCUT2D eigenvalue weighted by atomic mass is 10.1. The second-order valence-corrected chi connectivity index (χ2v) is 6.05. The molecule has 3 aromatic rings. The molecule has 2 N–H and O–H groups in total. The average molecular weight is 353 g/mol. The third kappa shape index (κ3) is 3.88. The van der Waals surface area contributed by atoms with Gasteiger partial charge in [-0.05, 0) is 24.8 Å². The van der Waals surface area contributed by atoms with Crippen molar-refractivity contribution in [2.75, 3.05) is 0 Å². The molecule has 26 heavy (non-hydrogen) atoms. The lowest BCUT2D eigenvalue weighted by Crippen LogP contribution is -2.31. The summed E-state index contributed by atoms with van der Waals surface area (Å²) in [5, 5.41) is 23.1. The zero-order valence-corrected chi connectivity index (χ0v) is 14.1. The molecule has 7 heteroatoms. The SMILES string of the molecule is O=C(O)CC/C(O)=c1\c(=O)cc(CCCc2ccccc2)n2ncnc12. The number of aliphatic hydroxyl groups is 1. The summed E-state index contributed by atoms with van der Waals surface area (Å²) in [5.41, 5.74) is 1.83. The molecule has 0 aliphatic heterocycles. The molecule has 7 nitrogen and oxygen atoms in total. The van der Waals surface area contributed by atoms with Crippen LogP contribution in [0.3, 0.4) is 0 Å². The molecule has 0 spiro atoms. The number of hydrogen-bond acceptors (Lipinski definition) is 5. The quantitative estimate of drug-likeness (QED) is 0.667. The van der Waals surface area contributed by atoms with Gasteiger partial charge < -0.3 is 10.2 Å². The standard InChI is InChI=1S/C19H19N3O4/c23-15(9-10-17(25)26)18-16(24)11-14(22-19(18)20-12-21-22)8-4-7-13-5-2-1-3-6-13/h1-3,5-6,11-12,23H,4,7-10H2,(H,25,26)/b18-15-. The predicted octanol–water partition coefficient (Wildman–Crippen LogP) is 1.51. The Bertz CT molecular complexity index is 1030. The minimum Gasteiger partial charge on any atom is -0.511 e. The van der Waals surface area contributed by atoms with Gasteiger partial charge in [-0.1, -0.05) is 30.3 Å². The van der Waals surface area contributed by atoms with E-state index in [1.807, 2.05) is 18.2 Å². The normalized spacial score (nSPS) is 12.3. The number of aliphatic hydroxyl groups excluding tert-OH is 1.